The third kappa shape index (κ3) is 11.6. The van der Waals surface area contributed by atoms with Crippen LogP contribution in [-0.2, 0) is 16.0 Å². The van der Waals surface area contributed by atoms with E-state index in [0.717, 1.165) is 29.0 Å². The highest BCUT2D eigenvalue weighted by Gasteiger charge is 2.67. The number of amidine groups is 1. The summed E-state index contributed by atoms with van der Waals surface area (Å²) in [7, 11) is -6.78. The number of ether oxygens (including phenoxy) is 2. The first kappa shape index (κ1) is 32.7. The van der Waals surface area contributed by atoms with E-state index in [-0.39, 0.29) is 0 Å². The number of benzene rings is 1. The van der Waals surface area contributed by atoms with Crippen LogP contribution < -0.4 is 14.8 Å². The van der Waals surface area contributed by atoms with Crippen molar-refractivity contribution in [2.24, 2.45) is 4.99 Å². The van der Waals surface area contributed by atoms with Gasteiger partial charge >= 0.3 is 10.5 Å². The van der Waals surface area contributed by atoms with Gasteiger partial charge in [0.25, 0.3) is 0 Å². The molecule has 2 N–H and O–H groups in total. The first-order valence-corrected chi connectivity index (χ1v) is 14.8. The van der Waals surface area contributed by atoms with Gasteiger partial charge in [-0.15, -0.1) is 0 Å². The molecule has 0 amide bonds. The first-order chi connectivity index (χ1) is 19.4. The van der Waals surface area contributed by atoms with Gasteiger partial charge in [-0.2, -0.15) is 0 Å². The van der Waals surface area contributed by atoms with Gasteiger partial charge < -0.3 is 28.9 Å². The molecule has 14 heteroatoms. The second-order valence-corrected chi connectivity index (χ2v) is 12.1. The van der Waals surface area contributed by atoms with Crippen LogP contribution in [0.3, 0.4) is 0 Å². The molecule has 0 bridgehead atoms. The van der Waals surface area contributed by atoms with E-state index in [0.29, 0.717) is 43.4 Å². The highest BCUT2D eigenvalue weighted by atomic mass is 32.5. The SMILES string of the molecule is COC.Cc1cn(CC2=CC=C(/C=C3\OCCN=C3NC(C)(C)Nc3ccc(OS(F)(F)(F)(F)F)cc3)CC=C2)cn1. The van der Waals surface area contributed by atoms with Gasteiger partial charge in [0, 0.05) is 32.6 Å². The van der Waals surface area contributed by atoms with Crippen molar-refractivity contribution in [3.05, 3.63) is 89.8 Å². The van der Waals surface area contributed by atoms with Crippen molar-refractivity contribution >= 4 is 22.0 Å². The summed E-state index contributed by atoms with van der Waals surface area (Å²) in [6, 6.07) is 4.08. The summed E-state index contributed by atoms with van der Waals surface area (Å²) < 4.78 is 78.1. The van der Waals surface area contributed by atoms with Crippen molar-refractivity contribution in [2.45, 2.75) is 39.4 Å². The van der Waals surface area contributed by atoms with E-state index in [9.17, 15) is 19.4 Å². The minimum atomic E-state index is -10.0. The number of hydrogen-bond donors (Lipinski definition) is 2. The van der Waals surface area contributed by atoms with Crippen molar-refractivity contribution in [1.29, 1.82) is 0 Å². The molecule has 2 heterocycles. The van der Waals surface area contributed by atoms with Crippen molar-refractivity contribution < 1.29 is 33.1 Å². The number of methoxy groups -OCH3 is 1. The maximum absolute atomic E-state index is 12.6. The molecule has 1 aliphatic heterocycles. The Morgan fingerprint density at radius 3 is 2.38 bits per heavy atom. The molecule has 2 aromatic rings. The third-order valence-corrected chi connectivity index (χ3v) is 6.00. The number of aliphatic imine (C=N–C) groups is 1. The fourth-order valence-electron chi connectivity index (χ4n) is 3.97. The Bertz CT molecular complexity index is 1400. The number of aryl methyl sites for hydroxylation is 1. The highest BCUT2D eigenvalue weighted by molar-refractivity contribution is 8.42. The Labute approximate surface area is 242 Å². The molecule has 232 valence electrons. The lowest BCUT2D eigenvalue weighted by Gasteiger charge is -2.39. The molecule has 0 radical (unpaired) electrons. The Hall–Kier alpha value is -3.78. The second-order valence-electron chi connectivity index (χ2n) is 10.2. The Balaban J connectivity index is 0.00000155. The number of allylic oxidation sites excluding steroid dienone is 7. The van der Waals surface area contributed by atoms with E-state index in [4.69, 9.17) is 4.74 Å². The predicted molar refractivity (Wildman–Crippen MR) is 157 cm³/mol. The molecular weight excluding hydrogens is 581 g/mol. The number of hydrogen-bond acceptors (Lipinski definition) is 7. The number of aromatic nitrogens is 2. The van der Waals surface area contributed by atoms with Crippen LogP contribution in [0.4, 0.5) is 25.1 Å². The molecule has 0 spiro atoms. The third-order valence-electron chi connectivity index (χ3n) is 5.49. The largest absolute Gasteiger partial charge is 0.488 e. The lowest BCUT2D eigenvalue weighted by atomic mass is 10.1. The Morgan fingerprint density at radius 2 is 1.76 bits per heavy atom. The van der Waals surface area contributed by atoms with Gasteiger partial charge in [-0.1, -0.05) is 43.7 Å². The van der Waals surface area contributed by atoms with Gasteiger partial charge in [-0.05, 0) is 68.7 Å². The summed E-state index contributed by atoms with van der Waals surface area (Å²) in [5.41, 5.74) is 2.64. The van der Waals surface area contributed by atoms with Gasteiger partial charge in [0.1, 0.15) is 18.0 Å². The first-order valence-electron chi connectivity index (χ1n) is 12.9. The van der Waals surface area contributed by atoms with E-state index in [1.807, 2.05) is 35.9 Å². The molecule has 1 aromatic carbocycles. The Morgan fingerprint density at radius 1 is 1.07 bits per heavy atom. The van der Waals surface area contributed by atoms with Gasteiger partial charge in [-0.3, -0.25) is 4.99 Å². The van der Waals surface area contributed by atoms with Gasteiger partial charge in [0.15, 0.2) is 11.6 Å². The number of nitrogens with one attached hydrogen (secondary N) is 2. The lowest BCUT2D eigenvalue weighted by molar-refractivity contribution is 0.227. The zero-order valence-electron chi connectivity index (χ0n) is 24.0. The molecular formula is C28H36F5N5O3S. The minimum Gasteiger partial charge on any atom is -0.488 e. The number of rotatable bonds is 8. The number of imidazole rings is 1. The summed E-state index contributed by atoms with van der Waals surface area (Å²) >= 11 is 0. The summed E-state index contributed by atoms with van der Waals surface area (Å²) in [5, 5.41) is 6.36. The van der Waals surface area contributed by atoms with Crippen LogP contribution in [0.15, 0.2) is 89.1 Å². The van der Waals surface area contributed by atoms with Crippen LogP contribution in [0.25, 0.3) is 0 Å². The van der Waals surface area contributed by atoms with Crippen LogP contribution in [0.2, 0.25) is 0 Å². The van der Waals surface area contributed by atoms with Crippen LogP contribution in [0, 0.1) is 6.92 Å². The zero-order valence-corrected chi connectivity index (χ0v) is 24.9. The molecule has 0 saturated carbocycles. The molecule has 0 saturated heterocycles. The molecule has 1 aromatic heterocycles. The minimum absolute atomic E-state index is 0.382. The van der Waals surface area contributed by atoms with E-state index in [1.54, 1.807) is 34.4 Å². The average molecular weight is 618 g/mol. The van der Waals surface area contributed by atoms with Crippen molar-refractivity contribution in [3.8, 4) is 5.75 Å². The van der Waals surface area contributed by atoms with E-state index >= 15 is 0 Å². The summed E-state index contributed by atoms with van der Waals surface area (Å²) in [4.78, 5) is 8.80. The molecule has 4 rings (SSSR count). The smallest absolute Gasteiger partial charge is 0.435 e. The van der Waals surface area contributed by atoms with Crippen molar-refractivity contribution in [1.82, 2.24) is 14.9 Å². The topological polar surface area (TPSA) is 81.9 Å². The van der Waals surface area contributed by atoms with E-state index < -0.39 is 21.9 Å². The molecule has 0 fully saturated rings. The fourth-order valence-corrected chi connectivity index (χ4v) is 4.44. The van der Waals surface area contributed by atoms with Crippen molar-refractivity contribution in [2.75, 3.05) is 32.7 Å². The maximum atomic E-state index is 12.6. The molecule has 0 unspecified atom stereocenters. The second kappa shape index (κ2) is 12.2. The van der Waals surface area contributed by atoms with E-state index in [1.165, 1.54) is 12.1 Å². The standard InChI is InChI=1S/C26H30F5N5O2S.C2H6O/c1-19-16-36(18-33-19)17-21-6-4-5-20(7-8-21)15-24-25(32-13-14-37-24)35-26(2,3)34-22-9-11-23(12-10-22)38-39(27,28,29,30)31;1-3-2/h4,6-12,15-16,18,34H,5,13-14,17H2,1-3H3,(H,32,35);1-2H3/b24-15-;. The lowest BCUT2D eigenvalue weighted by Crippen LogP contribution is -2.51. The highest BCUT2D eigenvalue weighted by Crippen LogP contribution is 2.97. The van der Waals surface area contributed by atoms with Gasteiger partial charge in [0.05, 0.1) is 18.6 Å². The van der Waals surface area contributed by atoms with Crippen LogP contribution in [-0.4, -0.2) is 48.4 Å². The van der Waals surface area contributed by atoms with Crippen LogP contribution in [0.5, 0.6) is 5.75 Å². The molecule has 2 aliphatic rings. The number of anilines is 1. The van der Waals surface area contributed by atoms with Crippen LogP contribution >= 0.6 is 10.5 Å². The van der Waals surface area contributed by atoms with Gasteiger partial charge in [-0.25, -0.2) is 4.98 Å². The summed E-state index contributed by atoms with van der Waals surface area (Å²) in [6.07, 6.45) is 14.6. The maximum Gasteiger partial charge on any atom is 0.435 e. The summed E-state index contributed by atoms with van der Waals surface area (Å²) in [6.45, 7) is 7.10. The normalized spacial score (nSPS) is 18.1. The molecule has 42 heavy (non-hydrogen) atoms. The average Bonchev–Trinajstić information content (AvgIpc) is 3.14. The quantitative estimate of drug-likeness (QED) is 0.235. The number of nitrogens with zero attached hydrogens (tertiary/aromatic N) is 3. The van der Waals surface area contributed by atoms with Gasteiger partial charge in [0.2, 0.25) is 0 Å². The molecule has 8 nitrogen and oxygen atoms in total. The number of halogens is 5. The fraction of sp³-hybridized carbons (Fsp3) is 0.357. The molecule has 1 aliphatic carbocycles. The summed E-state index contributed by atoms with van der Waals surface area (Å²) in [5.74, 6) is 0.0631. The van der Waals surface area contributed by atoms with Crippen LogP contribution in [0.1, 0.15) is 26.0 Å². The monoisotopic (exact) mass is 617 g/mol. The Kier molecular flexibility index (Phi) is 9.52. The van der Waals surface area contributed by atoms with Crippen molar-refractivity contribution in [3.63, 3.8) is 0 Å². The predicted octanol–water partition coefficient (Wildman–Crippen LogP) is 7.61. The van der Waals surface area contributed by atoms with E-state index in [2.05, 4.69) is 41.7 Å². The zero-order chi connectivity index (χ0) is 31.1. The molecule has 0 atom stereocenters.